The summed E-state index contributed by atoms with van der Waals surface area (Å²) in [4.78, 5) is 14.5. The zero-order valence-electron chi connectivity index (χ0n) is 11.3. The normalized spacial score (nSPS) is 10.3. The topological polar surface area (TPSA) is 76.3 Å². The lowest BCUT2D eigenvalue weighted by Crippen LogP contribution is -2.20. The first-order chi connectivity index (χ1) is 9.22. The molecule has 1 N–H and O–H groups in total. The molecule has 102 valence electrons. The Morgan fingerprint density at radius 3 is 2.84 bits per heavy atom. The minimum absolute atomic E-state index is 0.284. The van der Waals surface area contributed by atoms with E-state index in [0.717, 1.165) is 12.3 Å². The van der Waals surface area contributed by atoms with Crippen LogP contribution in [-0.4, -0.2) is 35.7 Å². The van der Waals surface area contributed by atoms with Gasteiger partial charge in [0.15, 0.2) is 0 Å². The molecule has 2 heterocycles. The minimum Gasteiger partial charge on any atom is -0.467 e. The standard InChI is InChI=1S/C12H17N5O2/c1-4-13-10-14-11(16-12(15-10)18-3)17(2)8-9-6-5-7-19-9/h5-7H,4,8H2,1-3H3,(H,13,14,15,16). The summed E-state index contributed by atoms with van der Waals surface area (Å²) in [6, 6.07) is 4.04. The second kappa shape index (κ2) is 6.03. The second-order valence-electron chi connectivity index (χ2n) is 3.91. The van der Waals surface area contributed by atoms with Gasteiger partial charge in [-0.25, -0.2) is 0 Å². The van der Waals surface area contributed by atoms with Gasteiger partial charge in [0.2, 0.25) is 11.9 Å². The highest BCUT2D eigenvalue weighted by Gasteiger charge is 2.11. The fourth-order valence-corrected chi connectivity index (χ4v) is 1.55. The molecule has 0 amide bonds. The predicted molar refractivity (Wildman–Crippen MR) is 71.4 cm³/mol. The third-order valence-corrected chi connectivity index (χ3v) is 2.44. The van der Waals surface area contributed by atoms with E-state index in [0.29, 0.717) is 18.4 Å². The summed E-state index contributed by atoms with van der Waals surface area (Å²) in [5, 5.41) is 3.04. The fraction of sp³-hybridized carbons (Fsp3) is 0.417. The van der Waals surface area contributed by atoms with E-state index < -0.39 is 0 Å². The van der Waals surface area contributed by atoms with Crippen molar-refractivity contribution in [3.05, 3.63) is 24.2 Å². The molecular formula is C12H17N5O2. The number of nitrogens with zero attached hydrogens (tertiary/aromatic N) is 4. The summed E-state index contributed by atoms with van der Waals surface area (Å²) in [5.41, 5.74) is 0. The molecule has 0 fully saturated rings. The van der Waals surface area contributed by atoms with Gasteiger partial charge in [0, 0.05) is 13.6 Å². The highest BCUT2D eigenvalue weighted by atomic mass is 16.5. The average Bonchev–Trinajstić information content (AvgIpc) is 2.91. The molecule has 0 aliphatic carbocycles. The average molecular weight is 263 g/mol. The summed E-state index contributed by atoms with van der Waals surface area (Å²) in [5.74, 6) is 1.86. The van der Waals surface area contributed by atoms with Gasteiger partial charge in [0.1, 0.15) is 5.76 Å². The Labute approximate surface area is 111 Å². The van der Waals surface area contributed by atoms with E-state index in [1.54, 1.807) is 6.26 Å². The largest absolute Gasteiger partial charge is 0.467 e. The Morgan fingerprint density at radius 2 is 2.21 bits per heavy atom. The molecule has 0 spiro atoms. The molecule has 0 bridgehead atoms. The van der Waals surface area contributed by atoms with E-state index in [4.69, 9.17) is 9.15 Å². The molecule has 0 atom stereocenters. The van der Waals surface area contributed by atoms with Crippen molar-refractivity contribution in [2.75, 3.05) is 30.9 Å². The molecule has 0 aliphatic heterocycles. The van der Waals surface area contributed by atoms with Crippen LogP contribution in [0.3, 0.4) is 0 Å². The molecular weight excluding hydrogens is 246 g/mol. The third kappa shape index (κ3) is 3.34. The highest BCUT2D eigenvalue weighted by Crippen LogP contribution is 2.15. The second-order valence-corrected chi connectivity index (χ2v) is 3.91. The van der Waals surface area contributed by atoms with Crippen molar-refractivity contribution in [2.45, 2.75) is 13.5 Å². The number of furan rings is 1. The van der Waals surface area contributed by atoms with Gasteiger partial charge in [-0.2, -0.15) is 15.0 Å². The zero-order valence-corrected chi connectivity index (χ0v) is 11.3. The van der Waals surface area contributed by atoms with E-state index in [-0.39, 0.29) is 6.01 Å². The molecule has 19 heavy (non-hydrogen) atoms. The number of methoxy groups -OCH3 is 1. The first-order valence-corrected chi connectivity index (χ1v) is 6.00. The molecule has 0 unspecified atom stereocenters. The third-order valence-electron chi connectivity index (χ3n) is 2.44. The number of aromatic nitrogens is 3. The van der Waals surface area contributed by atoms with E-state index >= 15 is 0 Å². The molecule has 2 rings (SSSR count). The van der Waals surface area contributed by atoms with Crippen LogP contribution in [0, 0.1) is 0 Å². The molecule has 0 saturated heterocycles. The molecule has 0 saturated carbocycles. The maximum atomic E-state index is 5.30. The van der Waals surface area contributed by atoms with Gasteiger partial charge in [-0.3, -0.25) is 0 Å². The van der Waals surface area contributed by atoms with E-state index in [9.17, 15) is 0 Å². The summed E-state index contributed by atoms with van der Waals surface area (Å²) >= 11 is 0. The number of hydrogen-bond donors (Lipinski definition) is 1. The number of anilines is 2. The molecule has 7 heteroatoms. The quantitative estimate of drug-likeness (QED) is 0.847. The van der Waals surface area contributed by atoms with Gasteiger partial charge in [-0.1, -0.05) is 0 Å². The van der Waals surface area contributed by atoms with Crippen molar-refractivity contribution < 1.29 is 9.15 Å². The van der Waals surface area contributed by atoms with Gasteiger partial charge in [-0.15, -0.1) is 0 Å². The maximum Gasteiger partial charge on any atom is 0.322 e. The summed E-state index contributed by atoms with van der Waals surface area (Å²) < 4.78 is 10.4. The molecule has 7 nitrogen and oxygen atoms in total. The Bertz CT molecular complexity index is 515. The lowest BCUT2D eigenvalue weighted by Gasteiger charge is -2.16. The SMILES string of the molecule is CCNc1nc(OC)nc(N(C)Cc2ccco2)n1. The molecule has 0 aliphatic rings. The van der Waals surface area contributed by atoms with Crippen LogP contribution in [0.15, 0.2) is 22.8 Å². The molecule has 0 aromatic carbocycles. The molecule has 2 aromatic rings. The van der Waals surface area contributed by atoms with Gasteiger partial charge in [0.05, 0.1) is 19.9 Å². The number of ether oxygens (including phenoxy) is 1. The van der Waals surface area contributed by atoms with Crippen LogP contribution in [0.2, 0.25) is 0 Å². The van der Waals surface area contributed by atoms with Crippen molar-refractivity contribution in [1.29, 1.82) is 0 Å². The Kier molecular flexibility index (Phi) is 4.17. The highest BCUT2D eigenvalue weighted by molar-refractivity contribution is 5.37. The van der Waals surface area contributed by atoms with Crippen LogP contribution in [0.25, 0.3) is 0 Å². The van der Waals surface area contributed by atoms with Crippen molar-refractivity contribution >= 4 is 11.9 Å². The van der Waals surface area contributed by atoms with Gasteiger partial charge < -0.3 is 19.4 Å². The zero-order chi connectivity index (χ0) is 13.7. The smallest absolute Gasteiger partial charge is 0.322 e. The van der Waals surface area contributed by atoms with Crippen LogP contribution in [0.4, 0.5) is 11.9 Å². The van der Waals surface area contributed by atoms with Crippen molar-refractivity contribution in [1.82, 2.24) is 15.0 Å². The first kappa shape index (κ1) is 13.1. The van der Waals surface area contributed by atoms with Crippen LogP contribution in [0.1, 0.15) is 12.7 Å². The number of nitrogens with one attached hydrogen (secondary N) is 1. The van der Waals surface area contributed by atoms with E-state index in [2.05, 4.69) is 20.3 Å². The van der Waals surface area contributed by atoms with Crippen LogP contribution in [0.5, 0.6) is 6.01 Å². The summed E-state index contributed by atoms with van der Waals surface area (Å²) in [6.07, 6.45) is 1.64. The van der Waals surface area contributed by atoms with Crippen LogP contribution >= 0.6 is 0 Å². The lowest BCUT2D eigenvalue weighted by atomic mass is 10.4. The van der Waals surface area contributed by atoms with Gasteiger partial charge >= 0.3 is 6.01 Å². The van der Waals surface area contributed by atoms with Crippen molar-refractivity contribution in [2.24, 2.45) is 0 Å². The van der Waals surface area contributed by atoms with E-state index in [1.165, 1.54) is 7.11 Å². The Hall–Kier alpha value is -2.31. The van der Waals surface area contributed by atoms with Crippen molar-refractivity contribution in [3.63, 3.8) is 0 Å². The lowest BCUT2D eigenvalue weighted by molar-refractivity contribution is 0.378. The predicted octanol–water partition coefficient (Wildman–Crippen LogP) is 1.54. The molecule has 2 aromatic heterocycles. The number of rotatable bonds is 6. The summed E-state index contributed by atoms with van der Waals surface area (Å²) in [7, 11) is 3.41. The van der Waals surface area contributed by atoms with E-state index in [1.807, 2.05) is 31.0 Å². The van der Waals surface area contributed by atoms with Crippen LogP contribution in [-0.2, 0) is 6.54 Å². The molecule has 0 radical (unpaired) electrons. The van der Waals surface area contributed by atoms with Crippen LogP contribution < -0.4 is 15.0 Å². The first-order valence-electron chi connectivity index (χ1n) is 6.00. The number of hydrogen-bond acceptors (Lipinski definition) is 7. The van der Waals surface area contributed by atoms with Crippen molar-refractivity contribution in [3.8, 4) is 6.01 Å². The Balaban J connectivity index is 2.19. The maximum absolute atomic E-state index is 5.30. The van der Waals surface area contributed by atoms with Gasteiger partial charge in [-0.05, 0) is 19.1 Å². The fourth-order valence-electron chi connectivity index (χ4n) is 1.55. The van der Waals surface area contributed by atoms with Gasteiger partial charge in [0.25, 0.3) is 0 Å². The minimum atomic E-state index is 0.284. The monoisotopic (exact) mass is 263 g/mol. The Morgan fingerprint density at radius 1 is 1.37 bits per heavy atom. The summed E-state index contributed by atoms with van der Waals surface area (Å²) in [6.45, 7) is 3.28.